The van der Waals surface area contributed by atoms with Gasteiger partial charge in [0.15, 0.2) is 0 Å². The highest BCUT2D eigenvalue weighted by molar-refractivity contribution is 6.01. The van der Waals surface area contributed by atoms with E-state index in [1.54, 1.807) is 11.8 Å². The standard InChI is InChI=1S/C22H32N4O4/c1-3-4-11-30-22(29)16(2)13-24-20(27)15-26-14-17-5-6-18(12-19(17)21(26)28)25-9-7-23-8-10-25/h5-6,12,16,23H,3-4,7-11,13-15H2,1-2H3,(H,24,27)/t16-/m1/s1. The maximum absolute atomic E-state index is 12.8. The van der Waals surface area contributed by atoms with Gasteiger partial charge in [-0.3, -0.25) is 14.4 Å². The van der Waals surface area contributed by atoms with Crippen LogP contribution in [0.4, 0.5) is 5.69 Å². The molecule has 0 aromatic heterocycles. The van der Waals surface area contributed by atoms with E-state index < -0.39 is 5.92 Å². The molecule has 2 heterocycles. The molecule has 1 aromatic carbocycles. The van der Waals surface area contributed by atoms with E-state index in [2.05, 4.69) is 15.5 Å². The number of hydrogen-bond donors (Lipinski definition) is 2. The van der Waals surface area contributed by atoms with E-state index in [0.717, 1.165) is 50.3 Å². The SMILES string of the molecule is CCCCOC(=O)[C@H](C)CNC(=O)CN1Cc2ccc(N3CCNCC3)cc2C1=O. The van der Waals surface area contributed by atoms with Crippen molar-refractivity contribution in [1.29, 1.82) is 0 Å². The highest BCUT2D eigenvalue weighted by Crippen LogP contribution is 2.27. The predicted octanol–water partition coefficient (Wildman–Crippen LogP) is 1.15. The average molecular weight is 417 g/mol. The van der Waals surface area contributed by atoms with Gasteiger partial charge in [-0.15, -0.1) is 0 Å². The van der Waals surface area contributed by atoms with Crippen molar-refractivity contribution in [2.45, 2.75) is 33.2 Å². The molecule has 8 nitrogen and oxygen atoms in total. The number of benzene rings is 1. The van der Waals surface area contributed by atoms with Crippen LogP contribution in [0.5, 0.6) is 0 Å². The number of fused-ring (bicyclic) bond motifs is 1. The van der Waals surface area contributed by atoms with Crippen LogP contribution < -0.4 is 15.5 Å². The molecule has 0 aliphatic carbocycles. The third kappa shape index (κ3) is 5.50. The summed E-state index contributed by atoms with van der Waals surface area (Å²) in [7, 11) is 0. The Balaban J connectivity index is 1.49. The fourth-order valence-electron chi connectivity index (χ4n) is 3.64. The molecule has 1 fully saturated rings. The molecule has 164 valence electrons. The lowest BCUT2D eigenvalue weighted by atomic mass is 10.1. The van der Waals surface area contributed by atoms with Crippen LogP contribution in [0.15, 0.2) is 18.2 Å². The number of nitrogens with one attached hydrogen (secondary N) is 2. The summed E-state index contributed by atoms with van der Waals surface area (Å²) in [6.45, 7) is 8.46. The van der Waals surface area contributed by atoms with Crippen molar-refractivity contribution in [2.75, 3.05) is 50.8 Å². The van der Waals surface area contributed by atoms with Gasteiger partial charge in [0.05, 0.1) is 12.5 Å². The molecule has 2 amide bonds. The molecule has 0 unspecified atom stereocenters. The van der Waals surface area contributed by atoms with Crippen LogP contribution in [0.25, 0.3) is 0 Å². The summed E-state index contributed by atoms with van der Waals surface area (Å²) in [4.78, 5) is 40.8. The van der Waals surface area contributed by atoms with Gasteiger partial charge in [-0.25, -0.2) is 0 Å². The van der Waals surface area contributed by atoms with E-state index in [9.17, 15) is 14.4 Å². The number of anilines is 1. The Morgan fingerprint density at radius 2 is 2.03 bits per heavy atom. The molecule has 2 aliphatic heterocycles. The quantitative estimate of drug-likeness (QED) is 0.464. The van der Waals surface area contributed by atoms with Crippen molar-refractivity contribution in [3.05, 3.63) is 29.3 Å². The molecule has 0 saturated carbocycles. The van der Waals surface area contributed by atoms with E-state index in [1.165, 1.54) is 0 Å². The minimum atomic E-state index is -0.418. The van der Waals surface area contributed by atoms with Crippen molar-refractivity contribution >= 4 is 23.5 Å². The molecule has 30 heavy (non-hydrogen) atoms. The zero-order valence-electron chi connectivity index (χ0n) is 17.9. The van der Waals surface area contributed by atoms with Crippen LogP contribution in [-0.2, 0) is 20.9 Å². The number of hydrogen-bond acceptors (Lipinski definition) is 6. The Bertz CT molecular complexity index is 776. The fourth-order valence-corrected chi connectivity index (χ4v) is 3.64. The van der Waals surface area contributed by atoms with Crippen LogP contribution in [-0.4, -0.2) is 68.6 Å². The predicted molar refractivity (Wildman–Crippen MR) is 114 cm³/mol. The third-order valence-electron chi connectivity index (χ3n) is 5.54. The number of rotatable bonds is 9. The van der Waals surface area contributed by atoms with E-state index >= 15 is 0 Å². The summed E-state index contributed by atoms with van der Waals surface area (Å²) in [6.07, 6.45) is 1.79. The molecular weight excluding hydrogens is 384 g/mol. The Morgan fingerprint density at radius 3 is 2.77 bits per heavy atom. The zero-order chi connectivity index (χ0) is 21.5. The van der Waals surface area contributed by atoms with Crippen molar-refractivity contribution in [3.63, 3.8) is 0 Å². The number of nitrogens with zero attached hydrogens (tertiary/aromatic N) is 2. The number of carbonyl (C=O) groups excluding carboxylic acids is 3. The van der Waals surface area contributed by atoms with Gasteiger partial charge in [0.2, 0.25) is 5.91 Å². The molecule has 1 aromatic rings. The van der Waals surface area contributed by atoms with Gasteiger partial charge >= 0.3 is 5.97 Å². The lowest BCUT2D eigenvalue weighted by molar-refractivity contribution is -0.147. The number of amides is 2. The van der Waals surface area contributed by atoms with E-state index in [0.29, 0.717) is 18.7 Å². The van der Waals surface area contributed by atoms with Gasteiger partial charge in [-0.1, -0.05) is 26.3 Å². The molecule has 2 N–H and O–H groups in total. The highest BCUT2D eigenvalue weighted by atomic mass is 16.5. The number of ether oxygens (including phenoxy) is 1. The molecule has 0 spiro atoms. The van der Waals surface area contributed by atoms with E-state index in [1.807, 2.05) is 25.1 Å². The second-order valence-corrected chi connectivity index (χ2v) is 7.97. The lowest BCUT2D eigenvalue weighted by Gasteiger charge is -2.29. The average Bonchev–Trinajstić information content (AvgIpc) is 3.07. The van der Waals surface area contributed by atoms with Gasteiger partial charge in [-0.05, 0) is 24.1 Å². The number of esters is 1. The van der Waals surface area contributed by atoms with Crippen molar-refractivity contribution in [1.82, 2.24) is 15.5 Å². The third-order valence-corrected chi connectivity index (χ3v) is 5.54. The topological polar surface area (TPSA) is 91.0 Å². The maximum atomic E-state index is 12.8. The van der Waals surface area contributed by atoms with Crippen LogP contribution in [0, 0.1) is 5.92 Å². The Hall–Kier alpha value is -2.61. The summed E-state index contributed by atoms with van der Waals surface area (Å²) in [5.41, 5.74) is 2.66. The van der Waals surface area contributed by atoms with Gasteiger partial charge in [0.1, 0.15) is 6.54 Å². The molecule has 3 rings (SSSR count). The van der Waals surface area contributed by atoms with Crippen molar-refractivity contribution < 1.29 is 19.1 Å². The first-order valence-corrected chi connectivity index (χ1v) is 10.8. The summed E-state index contributed by atoms with van der Waals surface area (Å²) in [5, 5.41) is 6.07. The van der Waals surface area contributed by atoms with Crippen LogP contribution >= 0.6 is 0 Å². The Labute approximate surface area is 177 Å². The molecule has 1 saturated heterocycles. The maximum Gasteiger partial charge on any atom is 0.310 e. The van der Waals surface area contributed by atoms with Crippen molar-refractivity contribution in [3.8, 4) is 0 Å². The van der Waals surface area contributed by atoms with E-state index in [-0.39, 0.29) is 30.9 Å². The first-order chi connectivity index (χ1) is 14.5. The minimum Gasteiger partial charge on any atom is -0.465 e. The summed E-state index contributed by atoms with van der Waals surface area (Å²) < 4.78 is 5.17. The van der Waals surface area contributed by atoms with Crippen LogP contribution in [0.3, 0.4) is 0 Å². The van der Waals surface area contributed by atoms with Gasteiger partial charge in [0.25, 0.3) is 5.91 Å². The van der Waals surface area contributed by atoms with Crippen LogP contribution in [0.1, 0.15) is 42.6 Å². The second kappa shape index (κ2) is 10.4. The molecule has 1 atom stereocenters. The lowest BCUT2D eigenvalue weighted by Crippen LogP contribution is -2.43. The molecule has 2 aliphatic rings. The van der Waals surface area contributed by atoms with E-state index in [4.69, 9.17) is 4.74 Å². The Kier molecular flexibility index (Phi) is 7.68. The van der Waals surface area contributed by atoms with Gasteiger partial charge < -0.3 is 25.2 Å². The summed E-state index contributed by atoms with van der Waals surface area (Å²) >= 11 is 0. The monoisotopic (exact) mass is 416 g/mol. The molecule has 0 bridgehead atoms. The first-order valence-electron chi connectivity index (χ1n) is 10.8. The van der Waals surface area contributed by atoms with Gasteiger partial charge in [-0.2, -0.15) is 0 Å². The summed E-state index contributed by atoms with van der Waals surface area (Å²) in [5.74, 6) is -1.12. The number of carbonyl (C=O) groups is 3. The zero-order valence-corrected chi connectivity index (χ0v) is 17.9. The van der Waals surface area contributed by atoms with Gasteiger partial charge in [0, 0.05) is 50.5 Å². The minimum absolute atomic E-state index is 0.0198. The first kappa shape index (κ1) is 22.1. The van der Waals surface area contributed by atoms with Crippen molar-refractivity contribution in [2.24, 2.45) is 5.92 Å². The fraction of sp³-hybridized carbons (Fsp3) is 0.591. The Morgan fingerprint density at radius 1 is 1.27 bits per heavy atom. The molecular formula is C22H32N4O4. The smallest absolute Gasteiger partial charge is 0.310 e. The largest absolute Gasteiger partial charge is 0.465 e. The number of piperazine rings is 1. The highest BCUT2D eigenvalue weighted by Gasteiger charge is 2.30. The molecule has 0 radical (unpaired) electrons. The normalized spacial score (nSPS) is 16.9. The molecule has 8 heteroatoms. The second-order valence-electron chi connectivity index (χ2n) is 7.97. The summed E-state index contributed by atoms with van der Waals surface area (Å²) in [6, 6.07) is 5.97. The number of unbranched alkanes of at least 4 members (excludes halogenated alkanes) is 1. The van der Waals surface area contributed by atoms with Crippen LogP contribution in [0.2, 0.25) is 0 Å².